The summed E-state index contributed by atoms with van der Waals surface area (Å²) in [5.41, 5.74) is 11.9. The highest BCUT2D eigenvalue weighted by atomic mass is 19.1. The minimum atomic E-state index is -0.399. The highest BCUT2D eigenvalue weighted by Gasteiger charge is 2.34. The summed E-state index contributed by atoms with van der Waals surface area (Å²) < 4.78 is 29.0. The molecule has 0 fully saturated rings. The first kappa shape index (κ1) is 24.0. The van der Waals surface area contributed by atoms with E-state index < -0.39 is 6.67 Å². The number of nitrogens with zero attached hydrogens (tertiary/aromatic N) is 1. The molecule has 0 amide bonds. The molecule has 0 saturated carbocycles. The summed E-state index contributed by atoms with van der Waals surface area (Å²) in [5.74, 6) is -0.167. The maximum atomic E-state index is 15.7. The van der Waals surface area contributed by atoms with Crippen molar-refractivity contribution in [3.8, 4) is 6.07 Å². The molecule has 0 heterocycles. The Labute approximate surface area is 191 Å². The van der Waals surface area contributed by atoms with Gasteiger partial charge in [0.15, 0.2) is 0 Å². The van der Waals surface area contributed by atoms with Crippen molar-refractivity contribution in [2.45, 2.75) is 72.1 Å². The Kier molecular flexibility index (Phi) is 6.79. The van der Waals surface area contributed by atoms with Crippen molar-refractivity contribution in [3.63, 3.8) is 0 Å². The Morgan fingerprint density at radius 2 is 1.97 bits per heavy atom. The molecule has 0 spiro atoms. The van der Waals surface area contributed by atoms with Gasteiger partial charge in [-0.2, -0.15) is 5.26 Å². The maximum absolute atomic E-state index is 15.7. The molecule has 32 heavy (non-hydrogen) atoms. The van der Waals surface area contributed by atoms with E-state index in [4.69, 9.17) is 11.0 Å². The van der Waals surface area contributed by atoms with Gasteiger partial charge in [-0.3, -0.25) is 4.39 Å². The summed E-state index contributed by atoms with van der Waals surface area (Å²) >= 11 is 0. The number of hydrogen-bond donors (Lipinski definition) is 1. The lowest BCUT2D eigenvalue weighted by Crippen LogP contribution is -2.28. The van der Waals surface area contributed by atoms with Crippen LogP contribution in [0.5, 0.6) is 0 Å². The zero-order valence-electron chi connectivity index (χ0n) is 19.9. The smallest absolute Gasteiger partial charge is 0.133 e. The molecule has 3 rings (SSSR count). The number of nitriles is 1. The van der Waals surface area contributed by atoms with Crippen molar-refractivity contribution < 1.29 is 8.78 Å². The molecule has 2 aliphatic rings. The van der Waals surface area contributed by atoms with E-state index in [0.717, 1.165) is 47.1 Å². The Hall–Kier alpha value is -2.67. The van der Waals surface area contributed by atoms with Crippen LogP contribution in [0.4, 0.5) is 8.78 Å². The molecule has 1 aromatic carbocycles. The van der Waals surface area contributed by atoms with Gasteiger partial charge in [0.25, 0.3) is 0 Å². The second-order valence-electron chi connectivity index (χ2n) is 10.6. The van der Waals surface area contributed by atoms with Crippen molar-refractivity contribution in [2.24, 2.45) is 11.1 Å². The van der Waals surface area contributed by atoms with E-state index in [2.05, 4.69) is 13.8 Å². The summed E-state index contributed by atoms with van der Waals surface area (Å²) in [7, 11) is 0. The van der Waals surface area contributed by atoms with Crippen LogP contribution in [-0.4, -0.2) is 6.67 Å². The normalized spacial score (nSPS) is 19.8. The van der Waals surface area contributed by atoms with Gasteiger partial charge < -0.3 is 5.73 Å². The lowest BCUT2D eigenvalue weighted by molar-refractivity contribution is 0.303. The zero-order valence-corrected chi connectivity index (χ0v) is 19.9. The largest absolute Gasteiger partial charge is 0.390 e. The number of rotatable bonds is 5. The van der Waals surface area contributed by atoms with Crippen LogP contribution in [0, 0.1) is 22.6 Å². The predicted octanol–water partition coefficient (Wildman–Crippen LogP) is 7.00. The molecule has 2 nitrogen and oxygen atoms in total. The van der Waals surface area contributed by atoms with E-state index in [1.165, 1.54) is 0 Å². The van der Waals surface area contributed by atoms with Crippen molar-refractivity contribution in [3.05, 3.63) is 74.8 Å². The second-order valence-corrected chi connectivity index (χ2v) is 10.6. The van der Waals surface area contributed by atoms with E-state index in [0.29, 0.717) is 24.0 Å². The number of alkyl halides is 1. The Morgan fingerprint density at radius 3 is 2.62 bits per heavy atom. The van der Waals surface area contributed by atoms with E-state index >= 15 is 4.39 Å². The quantitative estimate of drug-likeness (QED) is 0.505. The fourth-order valence-electron chi connectivity index (χ4n) is 4.83. The minimum Gasteiger partial charge on any atom is -0.390 e. The lowest BCUT2D eigenvalue weighted by atomic mass is 9.68. The lowest BCUT2D eigenvalue weighted by Gasteiger charge is -2.36. The van der Waals surface area contributed by atoms with Crippen LogP contribution in [0.15, 0.2) is 46.7 Å². The molecule has 0 atom stereocenters. The number of hydrogen-bond acceptors (Lipinski definition) is 2. The predicted molar refractivity (Wildman–Crippen MR) is 128 cm³/mol. The highest BCUT2D eigenvalue weighted by Crippen LogP contribution is 2.42. The molecule has 0 radical (unpaired) electrons. The van der Waals surface area contributed by atoms with E-state index in [-0.39, 0.29) is 22.3 Å². The number of halogens is 2. The highest BCUT2D eigenvalue weighted by molar-refractivity contribution is 5.61. The van der Waals surface area contributed by atoms with Crippen molar-refractivity contribution >= 4 is 6.08 Å². The number of benzene rings is 1. The Bertz CT molecular complexity index is 1080. The zero-order chi connectivity index (χ0) is 23.7. The van der Waals surface area contributed by atoms with Crippen LogP contribution in [0.1, 0.15) is 76.1 Å². The summed E-state index contributed by atoms with van der Waals surface area (Å²) in [6.45, 7) is 10.0. The van der Waals surface area contributed by atoms with Gasteiger partial charge in [-0.05, 0) is 84.3 Å². The van der Waals surface area contributed by atoms with Crippen LogP contribution in [-0.2, 0) is 18.3 Å². The van der Waals surface area contributed by atoms with Crippen molar-refractivity contribution in [2.75, 3.05) is 6.67 Å². The summed E-state index contributed by atoms with van der Waals surface area (Å²) in [4.78, 5) is 0. The van der Waals surface area contributed by atoms with Crippen LogP contribution in [0.3, 0.4) is 0 Å². The van der Waals surface area contributed by atoms with E-state index in [1.807, 2.05) is 57.2 Å². The third kappa shape index (κ3) is 5.04. The fourth-order valence-corrected chi connectivity index (χ4v) is 4.83. The average molecular weight is 437 g/mol. The molecule has 4 heteroatoms. The van der Waals surface area contributed by atoms with Gasteiger partial charge >= 0.3 is 0 Å². The SMILES string of the molecule is CC1=C/C(=C(/N)C#N)C=C(/C=C/c2cc(C(C)(C)CCF)c3c(c2F)CC(C)(C)CC3)C1. The maximum Gasteiger partial charge on any atom is 0.133 e. The van der Waals surface area contributed by atoms with Crippen LogP contribution in [0.2, 0.25) is 0 Å². The van der Waals surface area contributed by atoms with E-state index in [1.54, 1.807) is 0 Å². The number of nitrogens with two attached hydrogens (primary N) is 1. The standard InChI is InChI=1S/C28H34F2N2/c1-18-12-19(14-21(13-18)25(32)17-31)6-7-20-15-24(28(4,5)10-11-29)22-8-9-27(2,3)16-23(22)26(20)30/h6-7,13-15H,8-12,16,32H2,1-5H3/b7-6+,25-21-. The van der Waals surface area contributed by atoms with Crippen LogP contribution in [0.25, 0.3) is 6.08 Å². The summed E-state index contributed by atoms with van der Waals surface area (Å²) in [6, 6.07) is 3.91. The number of fused-ring (bicyclic) bond motifs is 1. The Morgan fingerprint density at radius 1 is 1.25 bits per heavy atom. The van der Waals surface area contributed by atoms with Gasteiger partial charge in [0.05, 0.1) is 6.67 Å². The Balaban J connectivity index is 2.09. The van der Waals surface area contributed by atoms with Crippen LogP contribution >= 0.6 is 0 Å². The molecule has 2 aliphatic carbocycles. The van der Waals surface area contributed by atoms with E-state index in [9.17, 15) is 4.39 Å². The fraction of sp³-hybridized carbons (Fsp3) is 0.464. The molecule has 0 aliphatic heterocycles. The first-order chi connectivity index (χ1) is 15.0. The molecule has 0 bridgehead atoms. The van der Waals surface area contributed by atoms with Gasteiger partial charge in [0.1, 0.15) is 17.6 Å². The first-order valence-electron chi connectivity index (χ1n) is 11.3. The minimum absolute atomic E-state index is 0.0417. The summed E-state index contributed by atoms with van der Waals surface area (Å²) in [6.07, 6.45) is 11.2. The van der Waals surface area contributed by atoms with Crippen molar-refractivity contribution in [1.29, 1.82) is 5.26 Å². The van der Waals surface area contributed by atoms with Gasteiger partial charge in [-0.15, -0.1) is 0 Å². The molecule has 0 unspecified atom stereocenters. The summed E-state index contributed by atoms with van der Waals surface area (Å²) in [5, 5.41) is 9.12. The first-order valence-corrected chi connectivity index (χ1v) is 11.3. The molecular formula is C28H34F2N2. The average Bonchev–Trinajstić information content (AvgIpc) is 2.72. The second kappa shape index (κ2) is 9.06. The third-order valence-electron chi connectivity index (χ3n) is 6.80. The topological polar surface area (TPSA) is 49.8 Å². The molecule has 0 aromatic heterocycles. The molecular weight excluding hydrogens is 402 g/mol. The number of allylic oxidation sites excluding steroid dienone is 7. The molecule has 2 N–H and O–H groups in total. The van der Waals surface area contributed by atoms with Crippen LogP contribution < -0.4 is 5.73 Å². The van der Waals surface area contributed by atoms with Crippen molar-refractivity contribution in [1.82, 2.24) is 0 Å². The van der Waals surface area contributed by atoms with Gasteiger partial charge in [-0.1, -0.05) is 51.5 Å². The molecule has 1 aromatic rings. The third-order valence-corrected chi connectivity index (χ3v) is 6.80. The molecule has 0 saturated heterocycles. The van der Waals surface area contributed by atoms with Gasteiger partial charge in [-0.25, -0.2) is 4.39 Å². The molecule has 170 valence electrons. The monoisotopic (exact) mass is 436 g/mol. The van der Waals surface area contributed by atoms with Gasteiger partial charge in [0.2, 0.25) is 0 Å². The van der Waals surface area contributed by atoms with Gasteiger partial charge in [0, 0.05) is 11.1 Å².